The van der Waals surface area contributed by atoms with Gasteiger partial charge in [0.2, 0.25) is 0 Å². The van der Waals surface area contributed by atoms with Gasteiger partial charge in [-0.1, -0.05) is 91.0 Å². The van der Waals surface area contributed by atoms with Crippen LogP contribution in [-0.4, -0.2) is 4.57 Å². The highest BCUT2D eigenvalue weighted by Crippen LogP contribution is 2.41. The van der Waals surface area contributed by atoms with E-state index in [9.17, 15) is 0 Å². The molecule has 0 bridgehead atoms. The Kier molecular flexibility index (Phi) is 3.78. The maximum Gasteiger partial charge on any atom is 0.0541 e. The molecule has 0 radical (unpaired) electrons. The van der Waals surface area contributed by atoms with E-state index in [4.69, 9.17) is 0 Å². The fraction of sp³-hybridized carbons (Fsp3) is 0. The molecule has 2 heteroatoms. The monoisotopic (exact) mass is 425 g/mol. The van der Waals surface area contributed by atoms with Crippen LogP contribution in [0.2, 0.25) is 0 Å². The van der Waals surface area contributed by atoms with E-state index in [2.05, 4.69) is 120 Å². The smallest absolute Gasteiger partial charge is 0.0541 e. The number of hydrogen-bond acceptors (Lipinski definition) is 1. The minimum absolute atomic E-state index is 1.21. The Morgan fingerprint density at radius 2 is 1.16 bits per heavy atom. The zero-order valence-electron chi connectivity index (χ0n) is 17.3. The minimum Gasteiger partial charge on any atom is -0.309 e. The van der Waals surface area contributed by atoms with Gasteiger partial charge in [-0.25, -0.2) is 0 Å². The molecule has 7 aromatic rings. The summed E-state index contributed by atoms with van der Waals surface area (Å²) in [5.74, 6) is 0. The van der Waals surface area contributed by atoms with Crippen molar-refractivity contribution < 1.29 is 0 Å². The predicted molar refractivity (Wildman–Crippen MR) is 139 cm³/mol. The largest absolute Gasteiger partial charge is 0.309 e. The van der Waals surface area contributed by atoms with Crippen LogP contribution >= 0.6 is 11.3 Å². The number of fused-ring (bicyclic) bond motifs is 6. The van der Waals surface area contributed by atoms with Gasteiger partial charge >= 0.3 is 0 Å². The molecule has 1 nitrogen and oxygen atoms in total. The van der Waals surface area contributed by atoms with Gasteiger partial charge in [0, 0.05) is 36.6 Å². The van der Waals surface area contributed by atoms with Gasteiger partial charge in [0.1, 0.15) is 0 Å². The summed E-state index contributed by atoms with van der Waals surface area (Å²) >= 11 is 1.89. The molecule has 32 heavy (non-hydrogen) atoms. The second-order valence-corrected chi connectivity index (χ2v) is 9.25. The summed E-state index contributed by atoms with van der Waals surface area (Å²) in [5, 5.41) is 5.25. The molecule has 0 unspecified atom stereocenters. The first kappa shape index (κ1) is 17.8. The highest BCUT2D eigenvalue weighted by molar-refractivity contribution is 7.26. The SMILES string of the molecule is c1ccc(-c2cccc3c2sc2cc(-n4c5ccccc5c5ccccc54)ccc23)cc1. The Morgan fingerprint density at radius 3 is 1.91 bits per heavy atom. The predicted octanol–water partition coefficient (Wildman–Crippen LogP) is 8.82. The number of rotatable bonds is 2. The molecule has 150 valence electrons. The second-order valence-electron chi connectivity index (χ2n) is 8.20. The van der Waals surface area contributed by atoms with Gasteiger partial charge in [-0.05, 0) is 35.4 Å². The van der Waals surface area contributed by atoms with E-state index in [1.165, 1.54) is 58.8 Å². The molecule has 0 aliphatic carbocycles. The van der Waals surface area contributed by atoms with Crippen LogP contribution in [0.25, 0.3) is 58.8 Å². The summed E-state index contributed by atoms with van der Waals surface area (Å²) in [7, 11) is 0. The lowest BCUT2D eigenvalue weighted by atomic mass is 10.0. The lowest BCUT2D eigenvalue weighted by Gasteiger charge is -2.08. The van der Waals surface area contributed by atoms with Crippen LogP contribution < -0.4 is 0 Å². The summed E-state index contributed by atoms with van der Waals surface area (Å²) in [4.78, 5) is 0. The van der Waals surface area contributed by atoms with Crippen molar-refractivity contribution >= 4 is 53.3 Å². The summed E-state index contributed by atoms with van der Waals surface area (Å²) in [6, 6.07) is 41.7. The summed E-state index contributed by atoms with van der Waals surface area (Å²) in [6.07, 6.45) is 0. The van der Waals surface area contributed by atoms with Gasteiger partial charge in [-0.2, -0.15) is 0 Å². The van der Waals surface area contributed by atoms with E-state index in [1.54, 1.807) is 0 Å². The van der Waals surface area contributed by atoms with Gasteiger partial charge in [0.25, 0.3) is 0 Å². The third-order valence-corrected chi connectivity index (χ3v) is 7.61. The number of nitrogens with zero attached hydrogens (tertiary/aromatic N) is 1. The Hall–Kier alpha value is -3.88. The molecule has 0 atom stereocenters. The molecule has 0 fully saturated rings. The molecule has 2 heterocycles. The van der Waals surface area contributed by atoms with E-state index in [1.807, 2.05) is 11.3 Å². The van der Waals surface area contributed by atoms with Gasteiger partial charge < -0.3 is 4.57 Å². The highest BCUT2D eigenvalue weighted by atomic mass is 32.1. The third-order valence-electron chi connectivity index (χ3n) is 6.41. The topological polar surface area (TPSA) is 4.93 Å². The molecule has 5 aromatic carbocycles. The average Bonchev–Trinajstić information content (AvgIpc) is 3.40. The Morgan fingerprint density at radius 1 is 0.500 bits per heavy atom. The van der Waals surface area contributed by atoms with Gasteiger partial charge in [-0.15, -0.1) is 11.3 Å². The summed E-state index contributed by atoms with van der Waals surface area (Å²) < 4.78 is 5.07. The zero-order chi connectivity index (χ0) is 21.1. The van der Waals surface area contributed by atoms with Crippen LogP contribution in [0.1, 0.15) is 0 Å². The minimum atomic E-state index is 1.21. The lowest BCUT2D eigenvalue weighted by molar-refractivity contribution is 1.19. The number of benzene rings is 5. The highest BCUT2D eigenvalue weighted by Gasteiger charge is 2.14. The molecule has 0 aliphatic heterocycles. The first-order valence-corrected chi connectivity index (χ1v) is 11.7. The average molecular weight is 426 g/mol. The number of para-hydroxylation sites is 2. The first-order valence-electron chi connectivity index (χ1n) is 10.9. The Bertz CT molecular complexity index is 1720. The Labute approximate surface area is 189 Å². The van der Waals surface area contributed by atoms with Crippen molar-refractivity contribution in [2.45, 2.75) is 0 Å². The quantitative estimate of drug-likeness (QED) is 0.261. The second kappa shape index (κ2) is 6.81. The van der Waals surface area contributed by atoms with Gasteiger partial charge in [-0.3, -0.25) is 0 Å². The van der Waals surface area contributed by atoms with Crippen LogP contribution in [0.15, 0.2) is 115 Å². The molecule has 0 spiro atoms. The van der Waals surface area contributed by atoms with E-state index >= 15 is 0 Å². The summed E-state index contributed by atoms with van der Waals surface area (Å²) in [6.45, 7) is 0. The van der Waals surface area contributed by atoms with Crippen molar-refractivity contribution in [1.82, 2.24) is 4.57 Å². The van der Waals surface area contributed by atoms with E-state index in [0.717, 1.165) is 0 Å². The standard InChI is InChI=1S/C30H19NS/c1-2-9-20(10-3-1)22-13-8-14-26-25-18-17-21(19-29(25)32-30(22)26)31-27-15-6-4-11-23(27)24-12-5-7-16-28(24)31/h1-19H. The maximum absolute atomic E-state index is 2.40. The normalized spacial score (nSPS) is 11.8. The molecule has 0 N–H and O–H groups in total. The molecule has 2 aromatic heterocycles. The molecular formula is C30H19NS. The van der Waals surface area contributed by atoms with Crippen molar-refractivity contribution in [1.29, 1.82) is 0 Å². The molecular weight excluding hydrogens is 406 g/mol. The van der Waals surface area contributed by atoms with E-state index < -0.39 is 0 Å². The molecule has 0 saturated carbocycles. The number of thiophene rings is 1. The molecule has 7 rings (SSSR count). The van der Waals surface area contributed by atoms with Crippen molar-refractivity contribution in [2.24, 2.45) is 0 Å². The van der Waals surface area contributed by atoms with Crippen molar-refractivity contribution in [3.8, 4) is 16.8 Å². The van der Waals surface area contributed by atoms with Crippen LogP contribution in [0.3, 0.4) is 0 Å². The van der Waals surface area contributed by atoms with E-state index in [-0.39, 0.29) is 0 Å². The van der Waals surface area contributed by atoms with Crippen LogP contribution in [0, 0.1) is 0 Å². The van der Waals surface area contributed by atoms with Crippen LogP contribution in [-0.2, 0) is 0 Å². The van der Waals surface area contributed by atoms with Crippen molar-refractivity contribution in [3.63, 3.8) is 0 Å². The van der Waals surface area contributed by atoms with Gasteiger partial charge in [0.05, 0.1) is 11.0 Å². The lowest BCUT2D eigenvalue weighted by Crippen LogP contribution is -1.92. The van der Waals surface area contributed by atoms with Crippen molar-refractivity contribution in [3.05, 3.63) is 115 Å². The Balaban J connectivity index is 1.52. The first-order chi connectivity index (χ1) is 15.9. The molecule has 0 saturated heterocycles. The number of hydrogen-bond donors (Lipinski definition) is 0. The fourth-order valence-electron chi connectivity index (χ4n) is 4.97. The van der Waals surface area contributed by atoms with Crippen LogP contribution in [0.5, 0.6) is 0 Å². The molecule has 0 aliphatic rings. The van der Waals surface area contributed by atoms with Gasteiger partial charge in [0.15, 0.2) is 0 Å². The van der Waals surface area contributed by atoms with Crippen molar-refractivity contribution in [2.75, 3.05) is 0 Å². The fourth-order valence-corrected chi connectivity index (χ4v) is 6.24. The zero-order valence-corrected chi connectivity index (χ0v) is 18.1. The van der Waals surface area contributed by atoms with E-state index in [0.29, 0.717) is 0 Å². The molecule has 0 amide bonds. The maximum atomic E-state index is 2.40. The van der Waals surface area contributed by atoms with Crippen LogP contribution in [0.4, 0.5) is 0 Å². The number of aromatic nitrogens is 1. The third kappa shape index (κ3) is 2.50. The summed E-state index contributed by atoms with van der Waals surface area (Å²) in [5.41, 5.74) is 6.29.